The third kappa shape index (κ3) is 2.58. The summed E-state index contributed by atoms with van der Waals surface area (Å²) >= 11 is 0. The first-order chi connectivity index (χ1) is 9.47. The molecule has 0 bridgehead atoms. The number of hydrogen-bond donors (Lipinski definition) is 1. The summed E-state index contributed by atoms with van der Waals surface area (Å²) in [5, 5.41) is 0. The van der Waals surface area contributed by atoms with E-state index in [1.165, 1.54) is 0 Å². The number of carbonyl (C=O) groups is 1. The fourth-order valence-corrected chi connectivity index (χ4v) is 3.05. The number of rotatable bonds is 3. The van der Waals surface area contributed by atoms with Crippen molar-refractivity contribution in [2.24, 2.45) is 17.6 Å². The molecule has 2 rings (SSSR count). The molecule has 1 aromatic carbocycles. The van der Waals surface area contributed by atoms with Crippen LogP contribution in [0.5, 0.6) is 0 Å². The molecule has 4 unspecified atom stereocenters. The molecule has 1 amide bonds. The zero-order valence-corrected chi connectivity index (χ0v) is 12.7. The van der Waals surface area contributed by atoms with Gasteiger partial charge in [-0.2, -0.15) is 0 Å². The number of anilines is 1. The van der Waals surface area contributed by atoms with Crippen molar-refractivity contribution in [3.8, 4) is 0 Å². The molecule has 4 atom stereocenters. The van der Waals surface area contributed by atoms with Crippen LogP contribution < -0.4 is 10.6 Å². The van der Waals surface area contributed by atoms with E-state index in [9.17, 15) is 4.79 Å². The van der Waals surface area contributed by atoms with Gasteiger partial charge in [0.05, 0.1) is 18.1 Å². The van der Waals surface area contributed by atoms with Gasteiger partial charge in [0.2, 0.25) is 5.91 Å². The van der Waals surface area contributed by atoms with Crippen LogP contribution in [-0.2, 0) is 16.1 Å². The van der Waals surface area contributed by atoms with Crippen LogP contribution in [-0.4, -0.2) is 25.2 Å². The van der Waals surface area contributed by atoms with Crippen LogP contribution in [0.3, 0.4) is 0 Å². The number of carbonyl (C=O) groups excluding carboxylic acids is 1. The molecule has 4 nitrogen and oxygen atoms in total. The van der Waals surface area contributed by atoms with Gasteiger partial charge in [-0.05, 0) is 31.4 Å². The smallest absolute Gasteiger partial charge is 0.232 e. The van der Waals surface area contributed by atoms with E-state index in [4.69, 9.17) is 10.5 Å². The molecule has 0 spiro atoms. The third-order valence-electron chi connectivity index (χ3n) is 4.43. The van der Waals surface area contributed by atoms with Crippen LogP contribution in [0.25, 0.3) is 0 Å². The number of para-hydroxylation sites is 1. The molecule has 0 radical (unpaired) electrons. The largest absolute Gasteiger partial charge is 0.374 e. The Hall–Kier alpha value is -1.39. The number of hydrogen-bond acceptors (Lipinski definition) is 3. The lowest BCUT2D eigenvalue weighted by molar-refractivity contribution is -0.124. The second-order valence-electron chi connectivity index (χ2n) is 5.66. The molecule has 110 valence electrons. The maximum absolute atomic E-state index is 12.8. The van der Waals surface area contributed by atoms with Gasteiger partial charge < -0.3 is 15.4 Å². The molecule has 1 aliphatic rings. The molecule has 20 heavy (non-hydrogen) atoms. The van der Waals surface area contributed by atoms with Crippen LogP contribution in [0.4, 0.5) is 5.69 Å². The van der Waals surface area contributed by atoms with Gasteiger partial charge >= 0.3 is 0 Å². The summed E-state index contributed by atoms with van der Waals surface area (Å²) in [6.45, 7) is 6.52. The number of nitrogens with two attached hydrogens (primary N) is 1. The first-order valence-corrected chi connectivity index (χ1v) is 7.18. The quantitative estimate of drug-likeness (QED) is 0.920. The maximum atomic E-state index is 12.8. The maximum Gasteiger partial charge on any atom is 0.232 e. The molecule has 1 aromatic rings. The van der Waals surface area contributed by atoms with Crippen molar-refractivity contribution >= 4 is 11.6 Å². The van der Waals surface area contributed by atoms with Crippen LogP contribution in [0.1, 0.15) is 26.3 Å². The molecule has 2 N–H and O–H groups in total. The highest BCUT2D eigenvalue weighted by molar-refractivity contribution is 5.96. The Bertz CT molecular complexity index is 489. The molecule has 1 heterocycles. The average molecular weight is 276 g/mol. The van der Waals surface area contributed by atoms with Crippen molar-refractivity contribution < 1.29 is 9.53 Å². The van der Waals surface area contributed by atoms with Crippen LogP contribution in [0.2, 0.25) is 0 Å². The minimum absolute atomic E-state index is 0.0417. The summed E-state index contributed by atoms with van der Waals surface area (Å²) in [5.74, 6) is 0.237. The SMILES string of the molecule is CC1OC(C)C(C(=O)N(C)c2ccccc2CN)C1C. The average Bonchev–Trinajstić information content (AvgIpc) is 2.70. The zero-order valence-electron chi connectivity index (χ0n) is 12.7. The number of amides is 1. The molecule has 0 saturated carbocycles. The van der Waals surface area contributed by atoms with E-state index < -0.39 is 0 Å². The number of benzene rings is 1. The second-order valence-corrected chi connectivity index (χ2v) is 5.66. The van der Waals surface area contributed by atoms with Crippen molar-refractivity contribution in [3.63, 3.8) is 0 Å². The molecular formula is C16H24N2O2. The molecule has 1 saturated heterocycles. The van der Waals surface area contributed by atoms with E-state index in [0.29, 0.717) is 6.54 Å². The molecule has 0 aromatic heterocycles. The summed E-state index contributed by atoms with van der Waals surface area (Å²) in [7, 11) is 1.82. The number of nitrogens with zero attached hydrogens (tertiary/aromatic N) is 1. The highest BCUT2D eigenvalue weighted by atomic mass is 16.5. The minimum Gasteiger partial charge on any atom is -0.374 e. The van der Waals surface area contributed by atoms with Crippen molar-refractivity contribution in [1.82, 2.24) is 0 Å². The monoisotopic (exact) mass is 276 g/mol. The Morgan fingerprint density at radius 2 is 1.90 bits per heavy atom. The van der Waals surface area contributed by atoms with Gasteiger partial charge in [0.1, 0.15) is 0 Å². The Labute approximate surface area is 120 Å². The second kappa shape index (κ2) is 5.94. The van der Waals surface area contributed by atoms with Crippen LogP contribution >= 0.6 is 0 Å². The fourth-order valence-electron chi connectivity index (χ4n) is 3.05. The van der Waals surface area contributed by atoms with E-state index in [-0.39, 0.29) is 30.0 Å². The van der Waals surface area contributed by atoms with Gasteiger partial charge in [-0.15, -0.1) is 0 Å². The summed E-state index contributed by atoms with van der Waals surface area (Å²) in [4.78, 5) is 14.5. The van der Waals surface area contributed by atoms with Crippen LogP contribution in [0.15, 0.2) is 24.3 Å². The first kappa shape index (κ1) is 15.0. The molecule has 0 aliphatic carbocycles. The Morgan fingerprint density at radius 1 is 1.25 bits per heavy atom. The van der Waals surface area contributed by atoms with Gasteiger partial charge in [-0.1, -0.05) is 25.1 Å². The number of ether oxygens (including phenoxy) is 1. The summed E-state index contributed by atoms with van der Waals surface area (Å²) in [6.07, 6.45) is 0.0806. The van der Waals surface area contributed by atoms with Gasteiger partial charge in [0, 0.05) is 19.3 Å². The summed E-state index contributed by atoms with van der Waals surface area (Å²) in [5.41, 5.74) is 7.63. The Kier molecular flexibility index (Phi) is 4.45. The standard InChI is InChI=1S/C16H24N2O2/c1-10-11(2)20-12(3)15(10)16(19)18(4)14-8-6-5-7-13(14)9-17/h5-8,10-12,15H,9,17H2,1-4H3. The highest BCUT2D eigenvalue weighted by Gasteiger charge is 2.43. The van der Waals surface area contributed by atoms with E-state index in [0.717, 1.165) is 11.3 Å². The highest BCUT2D eigenvalue weighted by Crippen LogP contribution is 2.34. The Morgan fingerprint density at radius 3 is 2.45 bits per heavy atom. The molecule has 4 heteroatoms. The van der Waals surface area contributed by atoms with Gasteiger partial charge in [-0.25, -0.2) is 0 Å². The van der Waals surface area contributed by atoms with Gasteiger partial charge in [0.15, 0.2) is 0 Å². The lowest BCUT2D eigenvalue weighted by Crippen LogP contribution is -2.39. The van der Waals surface area contributed by atoms with E-state index in [1.807, 2.05) is 45.2 Å². The predicted molar refractivity (Wildman–Crippen MR) is 80.4 cm³/mol. The van der Waals surface area contributed by atoms with E-state index in [1.54, 1.807) is 4.90 Å². The van der Waals surface area contributed by atoms with Crippen molar-refractivity contribution in [2.75, 3.05) is 11.9 Å². The fraction of sp³-hybridized carbons (Fsp3) is 0.562. The topological polar surface area (TPSA) is 55.6 Å². The van der Waals surface area contributed by atoms with Crippen molar-refractivity contribution in [1.29, 1.82) is 0 Å². The summed E-state index contributed by atoms with van der Waals surface area (Å²) < 4.78 is 5.78. The first-order valence-electron chi connectivity index (χ1n) is 7.18. The van der Waals surface area contributed by atoms with Crippen LogP contribution in [0, 0.1) is 11.8 Å². The van der Waals surface area contributed by atoms with Gasteiger partial charge in [-0.3, -0.25) is 4.79 Å². The molecular weight excluding hydrogens is 252 g/mol. The van der Waals surface area contributed by atoms with Gasteiger partial charge in [0.25, 0.3) is 0 Å². The lowest BCUT2D eigenvalue weighted by atomic mass is 9.88. The summed E-state index contributed by atoms with van der Waals surface area (Å²) in [6, 6.07) is 7.77. The third-order valence-corrected chi connectivity index (χ3v) is 4.43. The lowest BCUT2D eigenvalue weighted by Gasteiger charge is -2.26. The van der Waals surface area contributed by atoms with E-state index in [2.05, 4.69) is 6.92 Å². The molecule has 1 aliphatic heterocycles. The predicted octanol–water partition coefficient (Wildman–Crippen LogP) is 2.17. The van der Waals surface area contributed by atoms with E-state index >= 15 is 0 Å². The van der Waals surface area contributed by atoms with Crippen molar-refractivity contribution in [2.45, 2.75) is 39.5 Å². The normalized spacial score (nSPS) is 29.4. The Balaban J connectivity index is 2.25. The molecule has 1 fully saturated rings. The zero-order chi connectivity index (χ0) is 14.9. The minimum atomic E-state index is -0.0965. The van der Waals surface area contributed by atoms with Crippen molar-refractivity contribution in [3.05, 3.63) is 29.8 Å².